The molecule has 0 bridgehead atoms. The molecule has 0 N–H and O–H groups in total. The molecule has 0 saturated heterocycles. The van der Waals surface area contributed by atoms with Gasteiger partial charge >= 0.3 is 0 Å². The zero-order chi connectivity index (χ0) is 9.80. The summed E-state index contributed by atoms with van der Waals surface area (Å²) in [6, 6.07) is 7.95. The number of rotatable bonds is 3. The van der Waals surface area contributed by atoms with E-state index in [9.17, 15) is 0 Å². The van der Waals surface area contributed by atoms with Gasteiger partial charge in [-0.2, -0.15) is 4.37 Å². The van der Waals surface area contributed by atoms with E-state index < -0.39 is 0 Å². The summed E-state index contributed by atoms with van der Waals surface area (Å²) in [4.78, 5) is 4.13. The highest BCUT2D eigenvalue weighted by atomic mass is 32.1. The fourth-order valence-electron chi connectivity index (χ4n) is 1.24. The molecule has 2 rings (SSSR count). The number of aromatic nitrogens is 2. The zero-order valence-electron chi connectivity index (χ0n) is 7.80. The van der Waals surface area contributed by atoms with Crippen molar-refractivity contribution in [2.24, 2.45) is 0 Å². The summed E-state index contributed by atoms with van der Waals surface area (Å²) in [5.41, 5.74) is 2.91. The number of ether oxygens (including phenoxy) is 1. The maximum absolute atomic E-state index is 5.14. The Morgan fingerprint density at radius 2 is 2.36 bits per heavy atom. The van der Waals surface area contributed by atoms with E-state index in [-0.39, 0.29) is 0 Å². The molecule has 0 aliphatic rings. The summed E-state index contributed by atoms with van der Waals surface area (Å²) in [5.74, 6) is 1.74. The lowest BCUT2D eigenvalue weighted by Crippen LogP contribution is -1.91. The van der Waals surface area contributed by atoms with Gasteiger partial charge in [0.2, 0.25) is 0 Å². The van der Waals surface area contributed by atoms with Gasteiger partial charge in [0, 0.05) is 6.42 Å². The number of hydrogen-bond acceptors (Lipinski definition) is 4. The lowest BCUT2D eigenvalue weighted by molar-refractivity contribution is 0.414. The maximum Gasteiger partial charge on any atom is 0.146 e. The van der Waals surface area contributed by atoms with Crippen molar-refractivity contribution < 1.29 is 4.74 Å². The lowest BCUT2D eigenvalue weighted by atomic mass is 10.1. The Bertz CT molecular complexity index is 400. The molecule has 0 amide bonds. The summed E-state index contributed by atoms with van der Waals surface area (Å²) >= 11 is 1.38. The second-order valence-electron chi connectivity index (χ2n) is 2.88. The van der Waals surface area contributed by atoms with E-state index in [4.69, 9.17) is 4.74 Å². The Morgan fingerprint density at radius 1 is 1.43 bits per heavy atom. The van der Waals surface area contributed by atoms with Crippen LogP contribution in [0.4, 0.5) is 0 Å². The molecule has 1 aromatic carbocycles. The lowest BCUT2D eigenvalue weighted by Gasteiger charge is -2.01. The summed E-state index contributed by atoms with van der Waals surface area (Å²) in [7, 11) is 1.67. The van der Waals surface area contributed by atoms with Crippen LogP contribution < -0.4 is 4.74 Å². The second kappa shape index (κ2) is 4.19. The predicted octanol–water partition coefficient (Wildman–Crippen LogP) is 2.14. The monoisotopic (exact) mass is 206 g/mol. The summed E-state index contributed by atoms with van der Waals surface area (Å²) in [6.45, 7) is 0. The third-order valence-electron chi connectivity index (χ3n) is 1.90. The molecule has 1 heterocycles. The Hall–Kier alpha value is -1.42. The van der Waals surface area contributed by atoms with E-state index >= 15 is 0 Å². The molecule has 3 nitrogen and oxygen atoms in total. The molecule has 0 fully saturated rings. The minimum Gasteiger partial charge on any atom is -0.497 e. The fourth-order valence-corrected chi connectivity index (χ4v) is 1.68. The van der Waals surface area contributed by atoms with Crippen LogP contribution in [0.15, 0.2) is 29.8 Å². The molecule has 72 valence electrons. The summed E-state index contributed by atoms with van der Waals surface area (Å²) < 4.78 is 9.29. The van der Waals surface area contributed by atoms with E-state index in [1.54, 1.807) is 12.6 Å². The Kier molecular flexibility index (Phi) is 2.74. The summed E-state index contributed by atoms with van der Waals surface area (Å²) in [5, 5.41) is 0. The van der Waals surface area contributed by atoms with Crippen LogP contribution in [0.5, 0.6) is 5.75 Å². The fraction of sp³-hybridized carbons (Fsp3) is 0.200. The van der Waals surface area contributed by atoms with E-state index in [2.05, 4.69) is 9.36 Å². The van der Waals surface area contributed by atoms with Gasteiger partial charge in [-0.05, 0) is 29.2 Å². The molecule has 0 saturated carbocycles. The van der Waals surface area contributed by atoms with Crippen molar-refractivity contribution >= 4 is 11.5 Å². The van der Waals surface area contributed by atoms with Gasteiger partial charge in [0.05, 0.1) is 7.11 Å². The third kappa shape index (κ3) is 2.09. The predicted molar refractivity (Wildman–Crippen MR) is 55.7 cm³/mol. The van der Waals surface area contributed by atoms with Gasteiger partial charge < -0.3 is 4.74 Å². The second-order valence-corrected chi connectivity index (χ2v) is 3.48. The third-order valence-corrected chi connectivity index (χ3v) is 2.42. The van der Waals surface area contributed by atoms with Crippen LogP contribution in [-0.2, 0) is 6.42 Å². The van der Waals surface area contributed by atoms with Crippen LogP contribution in [0.2, 0.25) is 0 Å². The molecule has 14 heavy (non-hydrogen) atoms. The van der Waals surface area contributed by atoms with Gasteiger partial charge in [0.15, 0.2) is 0 Å². The smallest absolute Gasteiger partial charge is 0.146 e. The van der Waals surface area contributed by atoms with Crippen molar-refractivity contribution in [3.63, 3.8) is 0 Å². The van der Waals surface area contributed by atoms with Crippen molar-refractivity contribution in [2.45, 2.75) is 6.42 Å². The molecule has 0 aliphatic carbocycles. The first-order valence-corrected chi connectivity index (χ1v) is 5.10. The minimum atomic E-state index is 0.765. The number of benzene rings is 1. The van der Waals surface area contributed by atoms with Crippen molar-refractivity contribution in [1.82, 2.24) is 9.36 Å². The van der Waals surface area contributed by atoms with Crippen molar-refractivity contribution in [3.8, 4) is 5.75 Å². The van der Waals surface area contributed by atoms with E-state index in [1.165, 1.54) is 17.1 Å². The van der Waals surface area contributed by atoms with Crippen molar-refractivity contribution in [2.75, 3.05) is 7.11 Å². The highest BCUT2D eigenvalue weighted by Gasteiger charge is 2.00. The van der Waals surface area contributed by atoms with Gasteiger partial charge in [-0.15, -0.1) is 0 Å². The topological polar surface area (TPSA) is 35.0 Å². The first-order chi connectivity index (χ1) is 6.88. The van der Waals surface area contributed by atoms with Crippen LogP contribution in [-0.4, -0.2) is 16.5 Å². The van der Waals surface area contributed by atoms with Crippen LogP contribution in [0.1, 0.15) is 11.4 Å². The minimum absolute atomic E-state index is 0.765. The molecule has 0 spiro atoms. The average molecular weight is 206 g/mol. The van der Waals surface area contributed by atoms with Gasteiger partial charge in [0.1, 0.15) is 17.1 Å². The van der Waals surface area contributed by atoms with Crippen molar-refractivity contribution in [1.29, 1.82) is 0 Å². The molecule has 2 aromatic rings. The number of methoxy groups -OCH3 is 1. The van der Waals surface area contributed by atoms with Crippen LogP contribution in [0.25, 0.3) is 0 Å². The number of hydrogen-bond donors (Lipinski definition) is 0. The Labute approximate surface area is 86.6 Å². The zero-order valence-corrected chi connectivity index (χ0v) is 8.62. The van der Waals surface area contributed by atoms with Crippen LogP contribution in [0.3, 0.4) is 0 Å². The normalized spacial score (nSPS) is 10.1. The molecule has 4 heteroatoms. The molecule has 0 atom stereocenters. The van der Waals surface area contributed by atoms with Crippen molar-refractivity contribution in [3.05, 3.63) is 41.2 Å². The molecule has 1 aromatic heterocycles. The molecule has 0 radical (unpaired) electrons. The number of nitrogens with zero attached hydrogens (tertiary/aromatic N) is 2. The molecule has 0 unspecified atom stereocenters. The highest BCUT2D eigenvalue weighted by molar-refractivity contribution is 7.03. The molecular weight excluding hydrogens is 196 g/mol. The SMILES string of the molecule is COc1cccc(Cc2ncsn2)c1. The first-order valence-electron chi connectivity index (χ1n) is 4.26. The van der Waals surface area contributed by atoms with Gasteiger partial charge in [-0.25, -0.2) is 4.98 Å². The quantitative estimate of drug-likeness (QED) is 0.771. The highest BCUT2D eigenvalue weighted by Crippen LogP contribution is 2.14. The Balaban J connectivity index is 2.17. The van der Waals surface area contributed by atoms with Gasteiger partial charge in [-0.1, -0.05) is 12.1 Å². The first kappa shape index (κ1) is 9.15. The summed E-state index contributed by atoms with van der Waals surface area (Å²) in [6.07, 6.45) is 0.765. The maximum atomic E-state index is 5.14. The largest absolute Gasteiger partial charge is 0.497 e. The van der Waals surface area contributed by atoms with E-state index in [0.717, 1.165) is 18.0 Å². The van der Waals surface area contributed by atoms with Crippen LogP contribution in [0, 0.1) is 0 Å². The van der Waals surface area contributed by atoms with Crippen LogP contribution >= 0.6 is 11.5 Å². The van der Waals surface area contributed by atoms with E-state index in [0.29, 0.717) is 0 Å². The molecular formula is C10H10N2OS. The van der Waals surface area contributed by atoms with Gasteiger partial charge in [0.25, 0.3) is 0 Å². The molecule has 0 aliphatic heterocycles. The average Bonchev–Trinajstić information content (AvgIpc) is 2.71. The van der Waals surface area contributed by atoms with E-state index in [1.807, 2.05) is 24.3 Å². The van der Waals surface area contributed by atoms with Gasteiger partial charge in [-0.3, -0.25) is 0 Å². The Morgan fingerprint density at radius 3 is 3.07 bits per heavy atom. The standard InChI is InChI=1S/C10H10N2OS/c1-13-9-4-2-3-8(5-9)6-10-11-7-14-12-10/h2-5,7H,6H2,1H3.